The normalized spacial score (nSPS) is 19.8. The molecule has 0 aliphatic heterocycles. The van der Waals surface area contributed by atoms with Crippen LogP contribution in [0.15, 0.2) is 12.7 Å². The van der Waals surface area contributed by atoms with E-state index in [1.807, 2.05) is 0 Å². The van der Waals surface area contributed by atoms with Crippen LogP contribution in [-0.4, -0.2) is 56.6 Å². The molecule has 0 amide bonds. The first-order chi connectivity index (χ1) is 6.52. The summed E-state index contributed by atoms with van der Waals surface area (Å²) in [5.74, 6) is 0. The minimum atomic E-state index is -1.44. The largest absolute Gasteiger partial charge is 0.394 e. The van der Waals surface area contributed by atoms with Gasteiger partial charge in [0.15, 0.2) is 0 Å². The third-order valence-corrected chi connectivity index (χ3v) is 1.93. The average Bonchev–Trinajstić information content (AvgIpc) is 2.15. The summed E-state index contributed by atoms with van der Waals surface area (Å²) in [6.45, 7) is 2.78. The molecule has 4 atom stereocenters. The van der Waals surface area contributed by atoms with Crippen LogP contribution in [0.2, 0.25) is 0 Å². The summed E-state index contributed by atoms with van der Waals surface area (Å²) in [7, 11) is 0. The summed E-state index contributed by atoms with van der Waals surface area (Å²) in [6, 6.07) is 0. The SMILES string of the molecule is C=CC[C@H](O)C[C@@H](O)[C@H](O)[C@H](O)CO. The van der Waals surface area contributed by atoms with Crippen LogP contribution in [0, 0.1) is 0 Å². The van der Waals surface area contributed by atoms with Crippen molar-refractivity contribution in [3.8, 4) is 0 Å². The van der Waals surface area contributed by atoms with E-state index in [-0.39, 0.29) is 6.42 Å². The van der Waals surface area contributed by atoms with Crippen LogP contribution in [0.4, 0.5) is 0 Å². The van der Waals surface area contributed by atoms with Crippen LogP contribution < -0.4 is 0 Å². The second kappa shape index (κ2) is 6.92. The Bertz CT molecular complexity index is 161. The molecule has 0 aliphatic rings. The fraction of sp³-hybridized carbons (Fsp3) is 0.778. The molecule has 0 spiro atoms. The van der Waals surface area contributed by atoms with Gasteiger partial charge in [-0.25, -0.2) is 0 Å². The molecule has 0 rings (SSSR count). The van der Waals surface area contributed by atoms with Crippen molar-refractivity contribution in [1.82, 2.24) is 0 Å². The Morgan fingerprint density at radius 3 is 2.07 bits per heavy atom. The number of rotatable bonds is 7. The maximum absolute atomic E-state index is 9.30. The van der Waals surface area contributed by atoms with Crippen LogP contribution in [-0.2, 0) is 0 Å². The highest BCUT2D eigenvalue weighted by Crippen LogP contribution is 2.09. The van der Waals surface area contributed by atoms with Crippen molar-refractivity contribution in [3.05, 3.63) is 12.7 Å². The van der Waals surface area contributed by atoms with E-state index < -0.39 is 31.0 Å². The molecule has 0 heterocycles. The van der Waals surface area contributed by atoms with Crippen LogP contribution in [0.25, 0.3) is 0 Å². The Morgan fingerprint density at radius 2 is 1.64 bits per heavy atom. The van der Waals surface area contributed by atoms with Crippen LogP contribution in [0.1, 0.15) is 12.8 Å². The number of hydrogen-bond acceptors (Lipinski definition) is 5. The maximum Gasteiger partial charge on any atom is 0.108 e. The van der Waals surface area contributed by atoms with Gasteiger partial charge in [0.1, 0.15) is 12.2 Å². The zero-order chi connectivity index (χ0) is 11.1. The standard InChI is InChI=1S/C9H18O5/c1-2-3-6(11)4-7(12)9(14)8(13)5-10/h2,6-14H,1,3-5H2/t6-,7+,8+,9-/m0/s1. The molecule has 0 fully saturated rings. The van der Waals surface area contributed by atoms with Gasteiger partial charge in [-0.1, -0.05) is 6.08 Å². The van der Waals surface area contributed by atoms with Crippen molar-refractivity contribution in [3.63, 3.8) is 0 Å². The third kappa shape index (κ3) is 4.69. The van der Waals surface area contributed by atoms with E-state index in [1.54, 1.807) is 0 Å². The highest BCUT2D eigenvalue weighted by molar-refractivity contribution is 4.80. The van der Waals surface area contributed by atoms with Gasteiger partial charge < -0.3 is 25.5 Å². The van der Waals surface area contributed by atoms with Gasteiger partial charge in [-0.15, -0.1) is 6.58 Å². The summed E-state index contributed by atoms with van der Waals surface area (Å²) in [6.07, 6.45) is -3.16. The predicted molar refractivity (Wildman–Crippen MR) is 50.5 cm³/mol. The highest BCUT2D eigenvalue weighted by atomic mass is 16.4. The fourth-order valence-electron chi connectivity index (χ4n) is 1.07. The smallest absolute Gasteiger partial charge is 0.108 e. The monoisotopic (exact) mass is 206 g/mol. The topological polar surface area (TPSA) is 101 Å². The average molecular weight is 206 g/mol. The van der Waals surface area contributed by atoms with E-state index in [4.69, 9.17) is 10.2 Å². The third-order valence-electron chi connectivity index (χ3n) is 1.93. The minimum Gasteiger partial charge on any atom is -0.394 e. The number of aliphatic hydroxyl groups is 5. The van der Waals surface area contributed by atoms with Crippen molar-refractivity contribution in [2.75, 3.05) is 6.61 Å². The lowest BCUT2D eigenvalue weighted by atomic mass is 10.0. The second-order valence-electron chi connectivity index (χ2n) is 3.22. The lowest BCUT2D eigenvalue weighted by Crippen LogP contribution is -2.41. The Hall–Kier alpha value is -0.460. The molecule has 0 unspecified atom stereocenters. The number of aliphatic hydroxyl groups excluding tert-OH is 5. The van der Waals surface area contributed by atoms with E-state index in [1.165, 1.54) is 6.08 Å². The van der Waals surface area contributed by atoms with E-state index in [0.29, 0.717) is 6.42 Å². The number of hydrogen-bond donors (Lipinski definition) is 5. The van der Waals surface area contributed by atoms with Crippen LogP contribution in [0.5, 0.6) is 0 Å². The molecule has 0 radical (unpaired) electrons. The molecule has 0 aromatic carbocycles. The summed E-state index contributed by atoms with van der Waals surface area (Å²) in [4.78, 5) is 0. The zero-order valence-electron chi connectivity index (χ0n) is 7.95. The summed E-state index contributed by atoms with van der Waals surface area (Å²) in [5, 5.41) is 45.2. The quantitative estimate of drug-likeness (QED) is 0.323. The Kier molecular flexibility index (Phi) is 6.69. The summed E-state index contributed by atoms with van der Waals surface area (Å²) < 4.78 is 0. The molecule has 84 valence electrons. The van der Waals surface area contributed by atoms with Gasteiger partial charge in [0, 0.05) is 6.42 Å². The highest BCUT2D eigenvalue weighted by Gasteiger charge is 2.25. The molecule has 5 heteroatoms. The predicted octanol–water partition coefficient (Wildman–Crippen LogP) is -1.61. The Balaban J connectivity index is 3.93. The van der Waals surface area contributed by atoms with Crippen LogP contribution in [0.3, 0.4) is 0 Å². The van der Waals surface area contributed by atoms with E-state index in [9.17, 15) is 15.3 Å². The summed E-state index contributed by atoms with van der Waals surface area (Å²) >= 11 is 0. The molecule has 0 bridgehead atoms. The Labute approximate surface area is 82.9 Å². The van der Waals surface area contributed by atoms with E-state index in [0.717, 1.165) is 0 Å². The molecule has 5 nitrogen and oxygen atoms in total. The van der Waals surface area contributed by atoms with Gasteiger partial charge in [0.2, 0.25) is 0 Å². The first-order valence-electron chi connectivity index (χ1n) is 4.47. The van der Waals surface area contributed by atoms with Gasteiger partial charge in [-0.05, 0) is 6.42 Å². The van der Waals surface area contributed by atoms with Crippen molar-refractivity contribution in [2.24, 2.45) is 0 Å². The van der Waals surface area contributed by atoms with Gasteiger partial charge >= 0.3 is 0 Å². The van der Waals surface area contributed by atoms with E-state index in [2.05, 4.69) is 6.58 Å². The molecule has 0 aromatic rings. The molecule has 5 N–H and O–H groups in total. The second-order valence-corrected chi connectivity index (χ2v) is 3.22. The minimum absolute atomic E-state index is 0.0652. The molecule has 14 heavy (non-hydrogen) atoms. The molecule has 0 saturated carbocycles. The lowest BCUT2D eigenvalue weighted by Gasteiger charge is -2.23. The molecular formula is C9H18O5. The first-order valence-corrected chi connectivity index (χ1v) is 4.47. The van der Waals surface area contributed by atoms with Crippen molar-refractivity contribution in [1.29, 1.82) is 0 Å². The van der Waals surface area contributed by atoms with Gasteiger partial charge in [-0.3, -0.25) is 0 Å². The van der Waals surface area contributed by atoms with E-state index >= 15 is 0 Å². The van der Waals surface area contributed by atoms with Crippen molar-refractivity contribution in [2.45, 2.75) is 37.3 Å². The fourth-order valence-corrected chi connectivity index (χ4v) is 1.07. The maximum atomic E-state index is 9.30. The molecule has 0 aliphatic carbocycles. The van der Waals surface area contributed by atoms with Gasteiger partial charge in [0.05, 0.1) is 18.8 Å². The Morgan fingerprint density at radius 1 is 1.07 bits per heavy atom. The van der Waals surface area contributed by atoms with Crippen molar-refractivity contribution >= 4 is 0 Å². The van der Waals surface area contributed by atoms with Crippen LogP contribution >= 0.6 is 0 Å². The van der Waals surface area contributed by atoms with Crippen molar-refractivity contribution < 1.29 is 25.5 Å². The summed E-state index contributed by atoms with van der Waals surface area (Å²) in [5.41, 5.74) is 0. The van der Waals surface area contributed by atoms with Gasteiger partial charge in [-0.2, -0.15) is 0 Å². The first kappa shape index (κ1) is 13.5. The molecular weight excluding hydrogens is 188 g/mol. The molecule has 0 saturated heterocycles. The molecule has 0 aromatic heterocycles. The zero-order valence-corrected chi connectivity index (χ0v) is 7.95. The van der Waals surface area contributed by atoms with Gasteiger partial charge in [0.25, 0.3) is 0 Å². The lowest BCUT2D eigenvalue weighted by molar-refractivity contribution is -0.0874.